The van der Waals surface area contributed by atoms with Crippen LogP contribution in [0.1, 0.15) is 38.8 Å². The van der Waals surface area contributed by atoms with Gasteiger partial charge in [0.05, 0.1) is 0 Å². The Kier molecular flexibility index (Phi) is 13.8. The third kappa shape index (κ3) is 5.75. The van der Waals surface area contributed by atoms with Gasteiger partial charge in [0.2, 0.25) is 0 Å². The van der Waals surface area contributed by atoms with E-state index in [1.807, 2.05) is 33.8 Å². The number of fused-ring (bicyclic) bond motifs is 1. The number of hydrogen-bond donors (Lipinski definition) is 0. The number of allylic oxidation sites excluding steroid dienone is 5. The first kappa shape index (κ1) is 25.1. The molecule has 0 spiro atoms. The SMILES string of the molecule is C=CC(=C)/C(C=C)=C1\CPCc2ccc(=C)c(=C)c21.CC.CC.[Fe]. The van der Waals surface area contributed by atoms with Gasteiger partial charge in [0.1, 0.15) is 0 Å². The molecule has 1 unspecified atom stereocenters. The predicted molar refractivity (Wildman–Crippen MR) is 113 cm³/mol. The van der Waals surface area contributed by atoms with E-state index in [4.69, 9.17) is 0 Å². The maximum absolute atomic E-state index is 4.20. The molecule has 0 amide bonds. The van der Waals surface area contributed by atoms with Crippen LogP contribution in [0.2, 0.25) is 0 Å². The molecule has 0 radical (unpaired) electrons. The topological polar surface area (TPSA) is 0 Å². The van der Waals surface area contributed by atoms with Gasteiger partial charge in [-0.25, -0.2) is 0 Å². The summed E-state index contributed by atoms with van der Waals surface area (Å²) in [5.41, 5.74) is 5.95. The Morgan fingerprint density at radius 1 is 1.00 bits per heavy atom. The van der Waals surface area contributed by atoms with Crippen LogP contribution in [0.4, 0.5) is 0 Å². The first-order chi connectivity index (χ1) is 11.1. The summed E-state index contributed by atoms with van der Waals surface area (Å²) < 4.78 is 0. The van der Waals surface area contributed by atoms with E-state index in [9.17, 15) is 0 Å². The van der Waals surface area contributed by atoms with Crippen molar-refractivity contribution < 1.29 is 17.1 Å². The number of benzene rings is 1. The molecule has 0 saturated carbocycles. The molecule has 0 saturated heterocycles. The summed E-state index contributed by atoms with van der Waals surface area (Å²) in [5.74, 6) is 0. The number of rotatable bonds is 3. The summed E-state index contributed by atoms with van der Waals surface area (Å²) in [5, 5.41) is 2.03. The molecular formula is C22H31FeP. The third-order valence-corrected chi connectivity index (χ3v) is 4.77. The van der Waals surface area contributed by atoms with Crippen LogP contribution in [0.3, 0.4) is 0 Å². The summed E-state index contributed by atoms with van der Waals surface area (Å²) in [6.07, 6.45) is 5.87. The van der Waals surface area contributed by atoms with Gasteiger partial charge in [-0.15, -0.1) is 8.58 Å². The van der Waals surface area contributed by atoms with Crippen LogP contribution in [-0.2, 0) is 23.2 Å². The maximum atomic E-state index is 4.20. The molecule has 0 fully saturated rings. The quantitative estimate of drug-likeness (QED) is 0.372. The summed E-state index contributed by atoms with van der Waals surface area (Å²) in [6.45, 7) is 28.1. The Bertz CT molecular complexity index is 695. The largest absolute Gasteiger partial charge is 0.113 e. The Morgan fingerprint density at radius 3 is 2.08 bits per heavy atom. The summed E-state index contributed by atoms with van der Waals surface area (Å²) in [6, 6.07) is 4.24. The standard InChI is InChI=1S/C18H19P.2C2H6.Fe/c1-6-12(3)16(7-2)17-11-19-10-15-9-8-13(4)14(5)18(15)17;2*1-2;/h6-9,19H,1-5,10-11H2;2*1-2H3;/b17-16+;;;. The van der Waals surface area contributed by atoms with Gasteiger partial charge in [0.25, 0.3) is 0 Å². The van der Waals surface area contributed by atoms with Crippen molar-refractivity contribution in [1.29, 1.82) is 0 Å². The van der Waals surface area contributed by atoms with Crippen molar-refractivity contribution in [3.8, 4) is 0 Å². The average molecular weight is 382 g/mol. The fourth-order valence-electron chi connectivity index (χ4n) is 2.46. The van der Waals surface area contributed by atoms with Gasteiger partial charge in [-0.2, -0.15) is 0 Å². The van der Waals surface area contributed by atoms with E-state index in [1.54, 1.807) is 6.08 Å². The van der Waals surface area contributed by atoms with Gasteiger partial charge >= 0.3 is 0 Å². The van der Waals surface area contributed by atoms with Crippen molar-refractivity contribution >= 4 is 27.3 Å². The second-order valence-electron chi connectivity index (χ2n) is 4.67. The van der Waals surface area contributed by atoms with Crippen LogP contribution in [0.15, 0.2) is 55.2 Å². The molecule has 1 aliphatic rings. The van der Waals surface area contributed by atoms with Crippen LogP contribution in [-0.4, -0.2) is 6.16 Å². The smallest absolute Gasteiger partial charge is 0 e. The molecule has 0 bridgehead atoms. The zero-order valence-electron chi connectivity index (χ0n) is 15.6. The Balaban J connectivity index is 0. The Labute approximate surface area is 161 Å². The van der Waals surface area contributed by atoms with E-state index in [0.717, 1.165) is 42.5 Å². The van der Waals surface area contributed by atoms with Crippen molar-refractivity contribution in [2.45, 2.75) is 33.9 Å². The normalized spacial score (nSPS) is 14.5. The van der Waals surface area contributed by atoms with Crippen molar-refractivity contribution in [3.63, 3.8) is 0 Å². The summed E-state index contributed by atoms with van der Waals surface area (Å²) >= 11 is 0. The van der Waals surface area contributed by atoms with Crippen LogP contribution in [0.5, 0.6) is 0 Å². The molecule has 1 atom stereocenters. The molecule has 2 rings (SSSR count). The van der Waals surface area contributed by atoms with Crippen LogP contribution < -0.4 is 10.4 Å². The van der Waals surface area contributed by atoms with Gasteiger partial charge in [0.15, 0.2) is 0 Å². The second-order valence-corrected chi connectivity index (χ2v) is 5.87. The van der Waals surface area contributed by atoms with Gasteiger partial charge in [-0.05, 0) is 50.6 Å². The minimum absolute atomic E-state index is 0. The molecule has 0 aliphatic carbocycles. The summed E-state index contributed by atoms with van der Waals surface area (Å²) in [4.78, 5) is 0. The molecule has 132 valence electrons. The van der Waals surface area contributed by atoms with Gasteiger partial charge in [-0.1, -0.05) is 84.9 Å². The maximum Gasteiger partial charge on any atom is 0 e. The minimum atomic E-state index is 0. The molecule has 1 aromatic carbocycles. The zero-order valence-corrected chi connectivity index (χ0v) is 17.7. The molecule has 2 heteroatoms. The summed E-state index contributed by atoms with van der Waals surface area (Å²) in [7, 11) is 0.903. The fourth-order valence-corrected chi connectivity index (χ4v) is 3.77. The zero-order chi connectivity index (χ0) is 18.0. The van der Waals surface area contributed by atoms with E-state index >= 15 is 0 Å². The first-order valence-electron chi connectivity index (χ1n) is 8.28. The molecule has 1 aromatic rings. The van der Waals surface area contributed by atoms with Crippen molar-refractivity contribution in [2.75, 3.05) is 6.16 Å². The second kappa shape index (κ2) is 13.2. The monoisotopic (exact) mass is 382 g/mol. The van der Waals surface area contributed by atoms with E-state index in [2.05, 4.69) is 45.0 Å². The molecule has 0 nitrogen and oxygen atoms in total. The molecule has 1 heterocycles. The Hall–Kier alpha value is -1.13. The average Bonchev–Trinajstić information content (AvgIpc) is 2.62. The van der Waals surface area contributed by atoms with E-state index in [1.165, 1.54) is 16.7 Å². The first-order valence-corrected chi connectivity index (χ1v) is 9.69. The van der Waals surface area contributed by atoms with Crippen LogP contribution in [0, 0.1) is 0 Å². The molecule has 0 aromatic heterocycles. The Morgan fingerprint density at radius 2 is 1.58 bits per heavy atom. The predicted octanol–water partition coefficient (Wildman–Crippen LogP) is 5.43. The van der Waals surface area contributed by atoms with E-state index in [0.29, 0.717) is 0 Å². The van der Waals surface area contributed by atoms with Crippen LogP contribution in [0.25, 0.3) is 18.7 Å². The number of hydrogen-bond acceptors (Lipinski definition) is 0. The van der Waals surface area contributed by atoms with Crippen molar-refractivity contribution in [2.24, 2.45) is 0 Å². The van der Waals surface area contributed by atoms with Gasteiger partial charge < -0.3 is 0 Å². The van der Waals surface area contributed by atoms with Crippen molar-refractivity contribution in [3.05, 3.63) is 76.7 Å². The fraction of sp³-hybridized carbons (Fsp3) is 0.273. The van der Waals surface area contributed by atoms with E-state index in [-0.39, 0.29) is 17.1 Å². The molecule has 0 N–H and O–H groups in total. The third-order valence-electron chi connectivity index (χ3n) is 3.54. The van der Waals surface area contributed by atoms with Crippen molar-refractivity contribution in [1.82, 2.24) is 0 Å². The van der Waals surface area contributed by atoms with E-state index < -0.39 is 0 Å². The van der Waals surface area contributed by atoms with Gasteiger partial charge in [0, 0.05) is 17.1 Å². The molecule has 24 heavy (non-hydrogen) atoms. The molecule has 1 aliphatic heterocycles. The van der Waals surface area contributed by atoms with Gasteiger partial charge in [-0.3, -0.25) is 0 Å². The van der Waals surface area contributed by atoms with Crippen LogP contribution >= 0.6 is 8.58 Å². The molecular weight excluding hydrogens is 351 g/mol. The minimum Gasteiger partial charge on any atom is -0.113 e.